The predicted octanol–water partition coefficient (Wildman–Crippen LogP) is 7.34. The van der Waals surface area contributed by atoms with E-state index in [-0.39, 0.29) is 13.0 Å². The zero-order valence-electron chi connectivity index (χ0n) is 34.5. The Bertz CT molecular complexity index is 2640. The Morgan fingerprint density at radius 3 is 2.12 bits per heavy atom. The summed E-state index contributed by atoms with van der Waals surface area (Å²) in [5.41, 5.74) is 4.45. The fraction of sp³-hybridized carbons (Fsp3) is 0.250. The zero-order chi connectivity index (χ0) is 41.8. The van der Waals surface area contributed by atoms with Gasteiger partial charge in [-0.2, -0.15) is 0 Å². The van der Waals surface area contributed by atoms with E-state index in [0.717, 1.165) is 50.2 Å². The monoisotopic (exact) mass is 801 g/mol. The maximum absolute atomic E-state index is 11.8. The molecule has 8 rings (SSSR count). The lowest BCUT2D eigenvalue weighted by atomic mass is 9.80. The Balaban J connectivity index is 1.16. The molecule has 1 aliphatic heterocycles. The lowest BCUT2D eigenvalue weighted by Crippen LogP contribution is -2.38. The number of hydrogen-bond donors (Lipinski definition) is 1. The van der Waals surface area contributed by atoms with Gasteiger partial charge in [0, 0.05) is 45.9 Å². The largest absolute Gasteiger partial charge is 0.497 e. The van der Waals surface area contributed by atoms with Crippen molar-refractivity contribution in [2.75, 3.05) is 53.9 Å². The molecule has 0 spiro atoms. The molecule has 3 atom stereocenters. The van der Waals surface area contributed by atoms with Crippen molar-refractivity contribution < 1.29 is 24.1 Å². The number of imidazole rings is 1. The topological polar surface area (TPSA) is 120 Å². The van der Waals surface area contributed by atoms with Crippen LogP contribution in [-0.2, 0) is 15.1 Å². The highest BCUT2D eigenvalue weighted by atomic mass is 16.6. The second-order valence-electron chi connectivity index (χ2n) is 15.0. The molecule has 0 radical (unpaired) electrons. The number of anilines is 1. The van der Waals surface area contributed by atoms with Crippen molar-refractivity contribution in [1.29, 1.82) is 0 Å². The van der Waals surface area contributed by atoms with E-state index in [0.29, 0.717) is 22.8 Å². The molecule has 12 nitrogen and oxygen atoms in total. The van der Waals surface area contributed by atoms with Gasteiger partial charge in [0.1, 0.15) is 35.8 Å². The smallest absolute Gasteiger partial charge is 0.190 e. The lowest BCUT2D eigenvalue weighted by Gasteiger charge is -2.37. The van der Waals surface area contributed by atoms with Gasteiger partial charge in [0.15, 0.2) is 22.8 Å². The van der Waals surface area contributed by atoms with E-state index in [1.54, 1.807) is 20.6 Å². The standard InChI is InChI=1S/C48H47N7O5/c1-53(2)31-51-46-45-47(50-30-49-46)55(43(52-45)25-13-32-12-14-34-27-38(54(3)4)20-15-33(34)26-32)44-28-41(56)42(60-44)29-59-48(35-10-8-7-9-11-35,36-16-21-39(57-5)22-17-36)37-18-23-40(58-6)24-19-37/h7-12,14-24,26-27,30-31,41-42,44,56H,28-29H2,1-6H3/b51-31+/t41-,42+,44+/m0/s1. The average molecular weight is 802 g/mol. The molecule has 0 amide bonds. The van der Waals surface area contributed by atoms with Gasteiger partial charge in [-0.1, -0.05) is 72.7 Å². The third kappa shape index (κ3) is 7.98. The molecule has 0 aliphatic carbocycles. The molecular weight excluding hydrogens is 755 g/mol. The summed E-state index contributed by atoms with van der Waals surface area (Å²) in [6.07, 6.45) is 1.05. The molecule has 1 N–H and O–H groups in total. The number of aliphatic hydroxyl groups excluding tert-OH is 1. The van der Waals surface area contributed by atoms with Crippen molar-refractivity contribution in [3.05, 3.63) is 150 Å². The van der Waals surface area contributed by atoms with Crippen molar-refractivity contribution >= 4 is 39.8 Å². The van der Waals surface area contributed by atoms with Crippen molar-refractivity contribution in [3.8, 4) is 23.3 Å². The van der Waals surface area contributed by atoms with Crippen molar-refractivity contribution in [1.82, 2.24) is 24.4 Å². The quantitative estimate of drug-likeness (QED) is 0.0582. The highest BCUT2D eigenvalue weighted by Gasteiger charge is 2.42. The maximum Gasteiger partial charge on any atom is 0.190 e. The van der Waals surface area contributed by atoms with E-state index in [1.807, 2.05) is 123 Å². The van der Waals surface area contributed by atoms with E-state index < -0.39 is 24.0 Å². The highest BCUT2D eigenvalue weighted by Crippen LogP contribution is 2.43. The molecular formula is C48H47N7O5. The molecule has 60 heavy (non-hydrogen) atoms. The molecule has 7 aromatic rings. The molecule has 1 saturated heterocycles. The van der Waals surface area contributed by atoms with Gasteiger partial charge in [0.2, 0.25) is 0 Å². The SMILES string of the molecule is COc1ccc(C(OC[C@H]2O[C@@H](n3c(C#Cc4ccc5cc(N(C)C)ccc5c4)nc4c(/N=C/N(C)C)ncnc43)C[C@@H]2O)(c2ccccc2)c2ccc(OC)cc2)cc1. The Hall–Kier alpha value is -6.78. The van der Waals surface area contributed by atoms with E-state index in [4.69, 9.17) is 23.9 Å². The molecule has 1 aliphatic rings. The number of benzene rings is 5. The lowest BCUT2D eigenvalue weighted by molar-refractivity contribution is -0.0932. The summed E-state index contributed by atoms with van der Waals surface area (Å²) < 4.78 is 26.8. The minimum atomic E-state index is -1.10. The summed E-state index contributed by atoms with van der Waals surface area (Å²) in [6, 6.07) is 38.2. The van der Waals surface area contributed by atoms with Crippen molar-refractivity contribution in [2.45, 2.75) is 30.5 Å². The third-order valence-electron chi connectivity index (χ3n) is 10.7. The second-order valence-corrected chi connectivity index (χ2v) is 15.0. The number of rotatable bonds is 12. The molecule has 3 heterocycles. The van der Waals surface area contributed by atoms with E-state index >= 15 is 0 Å². The number of methoxy groups -OCH3 is 2. The summed E-state index contributed by atoms with van der Waals surface area (Å²) in [4.78, 5) is 22.5. The van der Waals surface area contributed by atoms with Crippen LogP contribution in [0.5, 0.6) is 11.5 Å². The van der Waals surface area contributed by atoms with Gasteiger partial charge in [-0.05, 0) is 81.9 Å². The highest BCUT2D eigenvalue weighted by molar-refractivity contribution is 5.87. The molecule has 0 bridgehead atoms. The van der Waals surface area contributed by atoms with Crippen LogP contribution < -0.4 is 14.4 Å². The van der Waals surface area contributed by atoms with Crippen LogP contribution in [0.3, 0.4) is 0 Å². The first-order valence-electron chi connectivity index (χ1n) is 19.7. The number of aliphatic hydroxyl groups is 1. The average Bonchev–Trinajstić information content (AvgIpc) is 3.84. The number of hydrogen-bond acceptors (Lipinski definition) is 10. The first kappa shape index (κ1) is 40.0. The Morgan fingerprint density at radius 2 is 1.47 bits per heavy atom. The van der Waals surface area contributed by atoms with Crippen LogP contribution in [0, 0.1) is 11.8 Å². The fourth-order valence-electron chi connectivity index (χ4n) is 7.54. The fourth-order valence-corrected chi connectivity index (χ4v) is 7.54. The molecule has 2 aromatic heterocycles. The number of ether oxygens (including phenoxy) is 4. The van der Waals surface area contributed by atoms with Crippen LogP contribution in [0.1, 0.15) is 40.7 Å². The molecule has 12 heteroatoms. The summed E-state index contributed by atoms with van der Waals surface area (Å²) in [5, 5.41) is 14.0. The Kier molecular flexibility index (Phi) is 11.5. The van der Waals surface area contributed by atoms with Crippen LogP contribution in [0.2, 0.25) is 0 Å². The minimum absolute atomic E-state index is 0.0399. The van der Waals surface area contributed by atoms with Gasteiger partial charge in [0.25, 0.3) is 0 Å². The van der Waals surface area contributed by atoms with Gasteiger partial charge in [-0.25, -0.2) is 19.9 Å². The number of aromatic nitrogens is 4. The normalized spacial score (nSPS) is 16.6. The van der Waals surface area contributed by atoms with Gasteiger partial charge in [0.05, 0.1) is 33.3 Å². The van der Waals surface area contributed by atoms with Crippen LogP contribution >= 0.6 is 0 Å². The number of nitrogens with zero attached hydrogens (tertiary/aromatic N) is 7. The van der Waals surface area contributed by atoms with Crippen molar-refractivity contribution in [3.63, 3.8) is 0 Å². The molecule has 5 aromatic carbocycles. The van der Waals surface area contributed by atoms with Crippen LogP contribution in [0.25, 0.3) is 21.9 Å². The minimum Gasteiger partial charge on any atom is -0.497 e. The van der Waals surface area contributed by atoms with Gasteiger partial charge in [-0.3, -0.25) is 4.57 Å². The number of fused-ring (bicyclic) bond motifs is 2. The third-order valence-corrected chi connectivity index (χ3v) is 10.7. The van der Waals surface area contributed by atoms with E-state index in [2.05, 4.69) is 62.0 Å². The second kappa shape index (κ2) is 17.2. The molecule has 0 unspecified atom stereocenters. The van der Waals surface area contributed by atoms with E-state index in [9.17, 15) is 5.11 Å². The first-order chi connectivity index (χ1) is 29.2. The van der Waals surface area contributed by atoms with Gasteiger partial charge in [-0.15, -0.1) is 0 Å². The molecule has 304 valence electrons. The summed E-state index contributed by atoms with van der Waals surface area (Å²) in [6.45, 7) is 0.0399. The summed E-state index contributed by atoms with van der Waals surface area (Å²) >= 11 is 0. The first-order valence-corrected chi connectivity index (χ1v) is 19.7. The molecule has 1 fully saturated rings. The summed E-state index contributed by atoms with van der Waals surface area (Å²) in [5.74, 6) is 8.86. The van der Waals surface area contributed by atoms with Crippen LogP contribution in [-0.4, -0.2) is 97.1 Å². The van der Waals surface area contributed by atoms with Gasteiger partial charge < -0.3 is 33.9 Å². The predicted molar refractivity (Wildman–Crippen MR) is 234 cm³/mol. The summed E-state index contributed by atoms with van der Waals surface area (Å²) in [7, 11) is 11.1. The Morgan fingerprint density at radius 1 is 0.817 bits per heavy atom. The van der Waals surface area contributed by atoms with Crippen molar-refractivity contribution in [2.24, 2.45) is 4.99 Å². The van der Waals surface area contributed by atoms with Crippen LogP contribution in [0.4, 0.5) is 11.5 Å². The molecule has 0 saturated carbocycles. The maximum atomic E-state index is 11.8. The van der Waals surface area contributed by atoms with Gasteiger partial charge >= 0.3 is 0 Å². The number of aliphatic imine (C=N–C) groups is 1. The zero-order valence-corrected chi connectivity index (χ0v) is 34.5. The van der Waals surface area contributed by atoms with E-state index in [1.165, 1.54) is 6.33 Å². The Labute approximate surface area is 349 Å². The van der Waals surface area contributed by atoms with Crippen LogP contribution in [0.15, 0.2) is 127 Å².